The molecule has 3 aromatic rings. The van der Waals surface area contributed by atoms with Crippen molar-refractivity contribution < 1.29 is 5.11 Å². The lowest BCUT2D eigenvalue weighted by atomic mass is 10.1. The average molecular weight is 198 g/mol. The van der Waals surface area contributed by atoms with E-state index in [0.29, 0.717) is 5.75 Å². The van der Waals surface area contributed by atoms with Crippen LogP contribution in [-0.4, -0.2) is 14.9 Å². The zero-order valence-electron chi connectivity index (χ0n) is 8.31. The largest absolute Gasteiger partial charge is 0.507 e. The fraction of sp³-hybridized carbons (Fsp3) is 0.0833. The number of aryl methyl sites for hydroxylation is 1. The molecule has 0 aliphatic carbocycles. The predicted molar refractivity (Wildman–Crippen MR) is 59.9 cm³/mol. The van der Waals surface area contributed by atoms with Gasteiger partial charge in [-0.15, -0.1) is 0 Å². The Bertz CT molecular complexity index is 655. The molecule has 0 bridgehead atoms. The molecule has 1 aromatic heterocycles. The Kier molecular flexibility index (Phi) is 1.51. The van der Waals surface area contributed by atoms with Crippen molar-refractivity contribution in [2.45, 2.75) is 0 Å². The minimum Gasteiger partial charge on any atom is -0.507 e. The highest BCUT2D eigenvalue weighted by molar-refractivity contribution is 6.08. The van der Waals surface area contributed by atoms with Gasteiger partial charge in [0, 0.05) is 23.2 Å². The van der Waals surface area contributed by atoms with E-state index >= 15 is 0 Å². The average Bonchev–Trinajstić information content (AvgIpc) is 2.61. The Morgan fingerprint density at radius 3 is 2.73 bits per heavy atom. The molecule has 15 heavy (non-hydrogen) atoms. The van der Waals surface area contributed by atoms with Gasteiger partial charge in [-0.25, -0.2) is 0 Å². The first-order valence-electron chi connectivity index (χ1n) is 4.80. The summed E-state index contributed by atoms with van der Waals surface area (Å²) in [6.07, 6.45) is 1.77. The quantitative estimate of drug-likeness (QED) is 0.602. The van der Waals surface area contributed by atoms with Gasteiger partial charge >= 0.3 is 0 Å². The zero-order valence-corrected chi connectivity index (χ0v) is 8.31. The number of hydrogen-bond acceptors (Lipinski definition) is 2. The summed E-state index contributed by atoms with van der Waals surface area (Å²) in [7, 11) is 1.91. The lowest BCUT2D eigenvalue weighted by molar-refractivity contribution is 0.482. The summed E-state index contributed by atoms with van der Waals surface area (Å²) in [4.78, 5) is 0. The second-order valence-electron chi connectivity index (χ2n) is 3.65. The van der Waals surface area contributed by atoms with E-state index in [2.05, 4.69) is 5.10 Å². The van der Waals surface area contributed by atoms with Crippen molar-refractivity contribution in [1.82, 2.24) is 9.78 Å². The van der Waals surface area contributed by atoms with Gasteiger partial charge in [0.25, 0.3) is 0 Å². The summed E-state index contributed by atoms with van der Waals surface area (Å²) in [6.45, 7) is 0. The number of hydrogen-bond donors (Lipinski definition) is 1. The van der Waals surface area contributed by atoms with E-state index in [1.54, 1.807) is 12.3 Å². The molecule has 1 N–H and O–H groups in total. The fourth-order valence-electron chi connectivity index (χ4n) is 2.03. The van der Waals surface area contributed by atoms with Crippen LogP contribution in [0.5, 0.6) is 5.75 Å². The van der Waals surface area contributed by atoms with Crippen LogP contribution in [0.15, 0.2) is 36.5 Å². The molecule has 2 aromatic carbocycles. The van der Waals surface area contributed by atoms with Crippen LogP contribution in [0.25, 0.3) is 21.7 Å². The lowest BCUT2D eigenvalue weighted by Crippen LogP contribution is -1.89. The Morgan fingerprint density at radius 1 is 1.20 bits per heavy atom. The standard InChI is InChI=1S/C12H10N2O/c1-14-12-8(7-13-14)6-11(15)9-4-2-3-5-10(9)12/h2-7,15H,1H3. The van der Waals surface area contributed by atoms with Crippen molar-refractivity contribution in [2.75, 3.05) is 0 Å². The molecule has 0 aliphatic heterocycles. The number of phenols is 1. The van der Waals surface area contributed by atoms with Crippen molar-refractivity contribution in [2.24, 2.45) is 7.05 Å². The summed E-state index contributed by atoms with van der Waals surface area (Å²) < 4.78 is 1.83. The number of benzene rings is 2. The first-order valence-corrected chi connectivity index (χ1v) is 4.80. The number of aromatic hydroxyl groups is 1. The molecule has 3 nitrogen and oxygen atoms in total. The van der Waals surface area contributed by atoms with E-state index in [1.165, 1.54) is 0 Å². The van der Waals surface area contributed by atoms with E-state index in [4.69, 9.17) is 0 Å². The SMILES string of the molecule is Cn1ncc2cc(O)c3ccccc3c21. The third kappa shape index (κ3) is 1.03. The molecule has 0 radical (unpaired) electrons. The highest BCUT2D eigenvalue weighted by Gasteiger charge is 2.08. The number of fused-ring (bicyclic) bond motifs is 3. The minimum atomic E-state index is 0.311. The molecule has 0 amide bonds. The van der Waals surface area contributed by atoms with Gasteiger partial charge in [-0.1, -0.05) is 24.3 Å². The maximum absolute atomic E-state index is 9.84. The van der Waals surface area contributed by atoms with Gasteiger partial charge in [-0.05, 0) is 6.07 Å². The Labute approximate surface area is 86.6 Å². The topological polar surface area (TPSA) is 38.0 Å². The maximum atomic E-state index is 9.84. The molecule has 0 spiro atoms. The second kappa shape index (κ2) is 2.73. The van der Waals surface area contributed by atoms with E-state index in [0.717, 1.165) is 21.7 Å². The number of aromatic nitrogens is 2. The summed E-state index contributed by atoms with van der Waals surface area (Å²) in [5.41, 5.74) is 1.06. The third-order valence-corrected chi connectivity index (χ3v) is 2.72. The highest BCUT2D eigenvalue weighted by atomic mass is 16.3. The molecule has 74 valence electrons. The van der Waals surface area contributed by atoms with Gasteiger partial charge in [-0.2, -0.15) is 5.10 Å². The molecule has 0 unspecified atom stereocenters. The van der Waals surface area contributed by atoms with Crippen LogP contribution in [0.2, 0.25) is 0 Å². The van der Waals surface area contributed by atoms with E-state index < -0.39 is 0 Å². The number of rotatable bonds is 0. The monoisotopic (exact) mass is 198 g/mol. The van der Waals surface area contributed by atoms with E-state index in [9.17, 15) is 5.11 Å². The highest BCUT2D eigenvalue weighted by Crippen LogP contribution is 2.31. The minimum absolute atomic E-state index is 0.311. The first kappa shape index (κ1) is 8.29. The van der Waals surface area contributed by atoms with Crippen molar-refractivity contribution >= 4 is 21.7 Å². The van der Waals surface area contributed by atoms with Crippen molar-refractivity contribution in [3.8, 4) is 5.75 Å². The Balaban J connectivity index is 2.67. The van der Waals surface area contributed by atoms with E-state index in [-0.39, 0.29) is 0 Å². The molecular formula is C12H10N2O. The number of nitrogens with zero attached hydrogens (tertiary/aromatic N) is 2. The molecule has 1 heterocycles. The van der Waals surface area contributed by atoms with Crippen molar-refractivity contribution in [3.05, 3.63) is 36.5 Å². The van der Waals surface area contributed by atoms with Gasteiger partial charge in [0.2, 0.25) is 0 Å². The molecule has 0 saturated heterocycles. The molecule has 0 fully saturated rings. The van der Waals surface area contributed by atoms with Crippen LogP contribution in [0, 0.1) is 0 Å². The van der Waals surface area contributed by atoms with Crippen molar-refractivity contribution in [3.63, 3.8) is 0 Å². The molecule has 3 heteroatoms. The van der Waals surface area contributed by atoms with Gasteiger partial charge in [0.1, 0.15) is 5.75 Å². The van der Waals surface area contributed by atoms with Gasteiger partial charge in [0.15, 0.2) is 0 Å². The summed E-state index contributed by atoms with van der Waals surface area (Å²) in [6, 6.07) is 9.55. The third-order valence-electron chi connectivity index (χ3n) is 2.72. The van der Waals surface area contributed by atoms with Crippen LogP contribution in [0.4, 0.5) is 0 Å². The van der Waals surface area contributed by atoms with Crippen LogP contribution >= 0.6 is 0 Å². The van der Waals surface area contributed by atoms with Gasteiger partial charge in [0.05, 0.1) is 11.7 Å². The summed E-state index contributed by atoms with van der Waals surface area (Å²) in [5.74, 6) is 0.311. The first-order chi connectivity index (χ1) is 7.27. The number of phenolic OH excluding ortho intramolecular Hbond substituents is 1. The fourth-order valence-corrected chi connectivity index (χ4v) is 2.03. The molecule has 0 aliphatic rings. The second-order valence-corrected chi connectivity index (χ2v) is 3.65. The van der Waals surface area contributed by atoms with Crippen LogP contribution in [0.3, 0.4) is 0 Å². The normalized spacial score (nSPS) is 11.3. The van der Waals surface area contributed by atoms with Crippen LogP contribution < -0.4 is 0 Å². The van der Waals surface area contributed by atoms with Crippen LogP contribution in [-0.2, 0) is 7.05 Å². The smallest absolute Gasteiger partial charge is 0.124 e. The zero-order chi connectivity index (χ0) is 10.4. The molecule has 0 saturated carbocycles. The molecule has 0 atom stereocenters. The Hall–Kier alpha value is -2.03. The Morgan fingerprint density at radius 2 is 1.93 bits per heavy atom. The lowest BCUT2D eigenvalue weighted by Gasteiger charge is -2.03. The van der Waals surface area contributed by atoms with E-state index in [1.807, 2.05) is 36.0 Å². The molecule has 3 rings (SSSR count). The molecular weight excluding hydrogens is 188 g/mol. The summed E-state index contributed by atoms with van der Waals surface area (Å²) >= 11 is 0. The van der Waals surface area contributed by atoms with Gasteiger partial charge < -0.3 is 5.11 Å². The van der Waals surface area contributed by atoms with Crippen LogP contribution in [0.1, 0.15) is 0 Å². The maximum Gasteiger partial charge on any atom is 0.124 e. The van der Waals surface area contributed by atoms with Crippen molar-refractivity contribution in [1.29, 1.82) is 0 Å². The summed E-state index contributed by atoms with van der Waals surface area (Å²) in [5, 5.41) is 16.9. The van der Waals surface area contributed by atoms with Gasteiger partial charge in [-0.3, -0.25) is 4.68 Å². The predicted octanol–water partition coefficient (Wildman–Crippen LogP) is 2.43.